The molecule has 7 heteroatoms. The van der Waals surface area contributed by atoms with Crippen molar-refractivity contribution in [1.29, 1.82) is 0 Å². The number of pyridine rings is 1. The van der Waals surface area contributed by atoms with Crippen LogP contribution in [0.25, 0.3) is 11.0 Å². The predicted molar refractivity (Wildman–Crippen MR) is 120 cm³/mol. The van der Waals surface area contributed by atoms with Crippen molar-refractivity contribution in [2.24, 2.45) is 0 Å². The number of hydrogen-bond acceptors (Lipinski definition) is 7. The Morgan fingerprint density at radius 2 is 1.77 bits per heavy atom. The molecule has 4 rings (SSSR count). The van der Waals surface area contributed by atoms with Gasteiger partial charge in [0.2, 0.25) is 5.95 Å². The highest BCUT2D eigenvalue weighted by molar-refractivity contribution is 5.86. The van der Waals surface area contributed by atoms with Gasteiger partial charge in [0.25, 0.3) is 0 Å². The standard InChI is InChI=1S/C23H30N6O/c1-2-3-10-25-22-21-20(27-23(24)28-22)9-8-19(26-21)15-17-4-6-18(7-5-17)16-29-11-13-30-14-12-29/h4-9H,2-3,10-16H2,1H3,(H3,24,25,27,28). The summed E-state index contributed by atoms with van der Waals surface area (Å²) in [4.78, 5) is 16.0. The fraction of sp³-hybridized carbons (Fsp3) is 0.435. The normalized spacial score (nSPS) is 14.8. The van der Waals surface area contributed by atoms with E-state index in [1.807, 2.05) is 12.1 Å². The van der Waals surface area contributed by atoms with Crippen molar-refractivity contribution in [2.75, 3.05) is 43.9 Å². The van der Waals surface area contributed by atoms with Gasteiger partial charge >= 0.3 is 0 Å². The SMILES string of the molecule is CCCCNc1nc(N)nc2ccc(Cc3ccc(CN4CCOCC4)cc3)nc12. The largest absolute Gasteiger partial charge is 0.379 e. The maximum Gasteiger partial charge on any atom is 0.222 e. The second kappa shape index (κ2) is 9.82. The summed E-state index contributed by atoms with van der Waals surface area (Å²) in [6.07, 6.45) is 2.96. The fourth-order valence-electron chi connectivity index (χ4n) is 3.67. The van der Waals surface area contributed by atoms with E-state index in [1.165, 1.54) is 11.1 Å². The van der Waals surface area contributed by atoms with Crippen LogP contribution in [0, 0.1) is 0 Å². The van der Waals surface area contributed by atoms with E-state index in [1.54, 1.807) is 0 Å². The molecular weight excluding hydrogens is 376 g/mol. The molecule has 1 aliphatic heterocycles. The molecule has 0 saturated carbocycles. The third-order valence-corrected chi connectivity index (χ3v) is 5.36. The van der Waals surface area contributed by atoms with Crippen LogP contribution < -0.4 is 11.1 Å². The van der Waals surface area contributed by atoms with E-state index in [9.17, 15) is 0 Å². The molecule has 0 unspecified atom stereocenters. The van der Waals surface area contributed by atoms with Gasteiger partial charge in [-0.3, -0.25) is 4.90 Å². The molecule has 158 valence electrons. The summed E-state index contributed by atoms with van der Waals surface area (Å²) >= 11 is 0. The van der Waals surface area contributed by atoms with E-state index in [2.05, 4.69) is 51.4 Å². The average molecular weight is 407 g/mol. The molecule has 0 spiro atoms. The molecule has 3 heterocycles. The lowest BCUT2D eigenvalue weighted by Gasteiger charge is -2.26. The minimum absolute atomic E-state index is 0.270. The summed E-state index contributed by atoms with van der Waals surface area (Å²) in [6, 6.07) is 12.8. The fourth-order valence-corrected chi connectivity index (χ4v) is 3.67. The molecule has 7 nitrogen and oxygen atoms in total. The van der Waals surface area contributed by atoms with Crippen molar-refractivity contribution in [3.63, 3.8) is 0 Å². The topological polar surface area (TPSA) is 89.2 Å². The highest BCUT2D eigenvalue weighted by Crippen LogP contribution is 2.21. The van der Waals surface area contributed by atoms with Gasteiger partial charge in [-0.1, -0.05) is 37.6 Å². The number of rotatable bonds is 8. The van der Waals surface area contributed by atoms with Crippen LogP contribution in [-0.2, 0) is 17.7 Å². The Balaban J connectivity index is 1.47. The highest BCUT2D eigenvalue weighted by Gasteiger charge is 2.11. The smallest absolute Gasteiger partial charge is 0.222 e. The van der Waals surface area contributed by atoms with Crippen LogP contribution >= 0.6 is 0 Å². The number of hydrogen-bond donors (Lipinski definition) is 2. The number of ether oxygens (including phenoxy) is 1. The zero-order valence-corrected chi connectivity index (χ0v) is 17.6. The number of unbranched alkanes of at least 4 members (excludes halogenated alkanes) is 1. The Morgan fingerprint density at radius 1 is 1.00 bits per heavy atom. The van der Waals surface area contributed by atoms with Crippen LogP contribution in [0.2, 0.25) is 0 Å². The molecule has 1 saturated heterocycles. The number of nitrogens with two attached hydrogens (primary N) is 1. The van der Waals surface area contributed by atoms with E-state index < -0.39 is 0 Å². The lowest BCUT2D eigenvalue weighted by Crippen LogP contribution is -2.35. The summed E-state index contributed by atoms with van der Waals surface area (Å²) in [5, 5.41) is 3.36. The monoisotopic (exact) mass is 406 g/mol. The molecule has 0 amide bonds. The van der Waals surface area contributed by atoms with Gasteiger partial charge in [-0.25, -0.2) is 9.97 Å². The first-order valence-electron chi connectivity index (χ1n) is 10.8. The quantitative estimate of drug-likeness (QED) is 0.555. The number of nitrogens with zero attached hydrogens (tertiary/aromatic N) is 4. The minimum Gasteiger partial charge on any atom is -0.379 e. The number of anilines is 2. The van der Waals surface area contributed by atoms with Crippen LogP contribution in [0.1, 0.15) is 36.6 Å². The van der Waals surface area contributed by atoms with Gasteiger partial charge in [-0.2, -0.15) is 4.98 Å². The first kappa shape index (κ1) is 20.5. The molecule has 0 atom stereocenters. The molecule has 3 N–H and O–H groups in total. The van der Waals surface area contributed by atoms with Gasteiger partial charge in [0, 0.05) is 38.3 Å². The molecule has 0 radical (unpaired) electrons. The minimum atomic E-state index is 0.270. The van der Waals surface area contributed by atoms with E-state index in [0.717, 1.165) is 75.4 Å². The van der Waals surface area contributed by atoms with E-state index in [4.69, 9.17) is 15.5 Å². The zero-order valence-electron chi connectivity index (χ0n) is 17.6. The van der Waals surface area contributed by atoms with Crippen molar-refractivity contribution in [1.82, 2.24) is 19.9 Å². The molecule has 0 bridgehead atoms. The van der Waals surface area contributed by atoms with Gasteiger partial charge in [0.05, 0.1) is 18.7 Å². The third-order valence-electron chi connectivity index (χ3n) is 5.36. The number of benzene rings is 1. The van der Waals surface area contributed by atoms with Crippen molar-refractivity contribution in [3.8, 4) is 0 Å². The van der Waals surface area contributed by atoms with E-state index in [0.29, 0.717) is 5.82 Å². The number of aromatic nitrogens is 3. The average Bonchev–Trinajstić information content (AvgIpc) is 2.76. The van der Waals surface area contributed by atoms with Gasteiger partial charge < -0.3 is 15.8 Å². The maximum atomic E-state index is 5.87. The first-order chi connectivity index (χ1) is 14.7. The van der Waals surface area contributed by atoms with Crippen molar-refractivity contribution < 1.29 is 4.74 Å². The van der Waals surface area contributed by atoms with E-state index in [-0.39, 0.29) is 5.95 Å². The van der Waals surface area contributed by atoms with Gasteiger partial charge in [0.1, 0.15) is 5.52 Å². The summed E-state index contributed by atoms with van der Waals surface area (Å²) in [6.45, 7) is 7.65. The number of nitrogen functional groups attached to an aromatic ring is 1. The Bertz CT molecular complexity index is 969. The van der Waals surface area contributed by atoms with Crippen LogP contribution in [0.5, 0.6) is 0 Å². The lowest BCUT2D eigenvalue weighted by molar-refractivity contribution is 0.0342. The second-order valence-corrected chi connectivity index (χ2v) is 7.76. The van der Waals surface area contributed by atoms with Crippen molar-refractivity contribution in [3.05, 3.63) is 53.2 Å². The number of morpholine rings is 1. The molecule has 3 aromatic rings. The Hall–Kier alpha value is -2.77. The van der Waals surface area contributed by atoms with Crippen LogP contribution in [0.3, 0.4) is 0 Å². The molecule has 2 aromatic heterocycles. The summed E-state index contributed by atoms with van der Waals surface area (Å²) in [5.41, 5.74) is 11.0. The molecule has 1 fully saturated rings. The van der Waals surface area contributed by atoms with Crippen molar-refractivity contribution in [2.45, 2.75) is 32.7 Å². The Labute approximate surface area is 177 Å². The summed E-state index contributed by atoms with van der Waals surface area (Å²) < 4.78 is 5.43. The highest BCUT2D eigenvalue weighted by atomic mass is 16.5. The second-order valence-electron chi connectivity index (χ2n) is 7.76. The summed E-state index contributed by atoms with van der Waals surface area (Å²) in [5.74, 6) is 0.987. The molecule has 1 aliphatic rings. The molecule has 30 heavy (non-hydrogen) atoms. The number of fused-ring (bicyclic) bond motifs is 1. The van der Waals surface area contributed by atoms with Gasteiger partial charge in [-0.05, 0) is 29.7 Å². The molecular formula is C23H30N6O. The Kier molecular flexibility index (Phi) is 6.71. The van der Waals surface area contributed by atoms with Crippen LogP contribution in [0.15, 0.2) is 36.4 Å². The third kappa shape index (κ3) is 5.23. The lowest BCUT2D eigenvalue weighted by atomic mass is 10.1. The van der Waals surface area contributed by atoms with Crippen LogP contribution in [0.4, 0.5) is 11.8 Å². The first-order valence-corrected chi connectivity index (χ1v) is 10.8. The van der Waals surface area contributed by atoms with E-state index >= 15 is 0 Å². The Morgan fingerprint density at radius 3 is 2.53 bits per heavy atom. The van der Waals surface area contributed by atoms with Crippen molar-refractivity contribution >= 4 is 22.8 Å². The summed E-state index contributed by atoms with van der Waals surface area (Å²) in [7, 11) is 0. The van der Waals surface area contributed by atoms with Crippen LogP contribution in [-0.4, -0.2) is 52.7 Å². The maximum absolute atomic E-state index is 5.87. The number of nitrogens with one attached hydrogen (secondary N) is 1. The predicted octanol–water partition coefficient (Wildman–Crippen LogP) is 3.24. The van der Waals surface area contributed by atoms with Gasteiger partial charge in [-0.15, -0.1) is 0 Å². The molecule has 1 aromatic carbocycles. The zero-order chi connectivity index (χ0) is 20.8. The molecule has 0 aliphatic carbocycles. The van der Waals surface area contributed by atoms with Gasteiger partial charge in [0.15, 0.2) is 5.82 Å².